The van der Waals surface area contributed by atoms with Gasteiger partial charge in [-0.3, -0.25) is 58.2 Å². The monoisotopic (exact) mass is 1400 g/mol. The first kappa shape index (κ1) is 74.0. The Morgan fingerprint density at radius 3 is 0.970 bits per heavy atom. The van der Waals surface area contributed by atoms with Crippen LogP contribution < -0.4 is 16.0 Å². The van der Waals surface area contributed by atoms with Crippen molar-refractivity contribution in [3.05, 3.63) is 145 Å². The molecule has 9 amide bonds. The molecular weight excluding hydrogens is 1310 g/mol. The minimum atomic E-state index is -0.394. The summed E-state index contributed by atoms with van der Waals surface area (Å²) in [7, 11) is 0. The van der Waals surface area contributed by atoms with E-state index < -0.39 is 18.1 Å². The lowest BCUT2D eigenvalue weighted by Crippen LogP contribution is -2.55. The van der Waals surface area contributed by atoms with E-state index in [1.165, 1.54) is 120 Å². The average molecular weight is 1410 g/mol. The van der Waals surface area contributed by atoms with E-state index in [2.05, 4.69) is 139 Å². The minimum absolute atomic E-state index is 0.0265. The second-order valence-electron chi connectivity index (χ2n) is 26.8. The lowest BCUT2D eigenvalue weighted by atomic mass is 9.72. The number of amides is 9. The average Bonchev–Trinajstić information content (AvgIpc) is 1.73. The maximum Gasteiger partial charge on any atom is 0.324 e. The van der Waals surface area contributed by atoms with Gasteiger partial charge in [-0.05, 0) is 132 Å². The summed E-state index contributed by atoms with van der Waals surface area (Å²) in [5.74, 6) is 0.642. The van der Waals surface area contributed by atoms with Gasteiger partial charge >= 0.3 is 18.1 Å². The van der Waals surface area contributed by atoms with Crippen LogP contribution in [0.4, 0.5) is 14.4 Å². The summed E-state index contributed by atoms with van der Waals surface area (Å²) >= 11 is 3.89. The van der Waals surface area contributed by atoms with Crippen molar-refractivity contribution in [2.75, 3.05) is 93.8 Å². The van der Waals surface area contributed by atoms with Gasteiger partial charge in [-0.2, -0.15) is 0 Å². The number of H-pyrrole nitrogens is 3. The summed E-state index contributed by atoms with van der Waals surface area (Å²) < 4.78 is 0. The first-order valence-corrected chi connectivity index (χ1v) is 38.1. The van der Waals surface area contributed by atoms with E-state index in [1.807, 2.05) is 39.0 Å². The summed E-state index contributed by atoms with van der Waals surface area (Å²) in [4.78, 5) is 134. The molecule has 9 atom stereocenters. The number of imide groups is 3. The normalized spacial score (nSPS) is 21.9. The molecule has 3 aromatic heterocycles. The van der Waals surface area contributed by atoms with Crippen molar-refractivity contribution in [1.82, 2.24) is 60.3 Å². The Morgan fingerprint density at radius 2 is 0.727 bits per heavy atom. The maximum absolute atomic E-state index is 13.7. The number of benzene rings is 3. The number of nitrogens with zero attached hydrogens (tertiary/aromatic N) is 6. The Hall–Kier alpha value is -7.74. The fourth-order valence-corrected chi connectivity index (χ4v) is 18.4. The van der Waals surface area contributed by atoms with Crippen molar-refractivity contribution in [1.29, 1.82) is 0 Å². The Bertz CT molecular complexity index is 3590. The SMILES string of the molecule is C=CCN1C[C@H](C(=O)N(CSCC(C)=O)C(=O)NCC)C[C@@H]2c3cccc4[nH]cc(c34)C[C@H]21.C=CCN1C[C@H](C(=O)N(CSCC(C)=O)C(=O)NCC)C[C@@H]2c3cccc4[nH]cc(c34)C[C@H]21.C=CCN1C[C@H](C(=O)N(CSCC(C)=O)C(=O)NCC)C[C@@H]2c3cccc4[nH]cc(c34)C[C@H]21. The third-order valence-corrected chi connectivity index (χ3v) is 23.1. The van der Waals surface area contributed by atoms with Crippen LogP contribution >= 0.6 is 35.3 Å². The quantitative estimate of drug-likeness (QED) is 0.0243. The lowest BCUT2D eigenvalue weighted by Gasteiger charge is -2.47. The van der Waals surface area contributed by atoms with Gasteiger partial charge in [0, 0.05) is 146 Å². The number of fused-ring (bicyclic) bond motifs is 6. The van der Waals surface area contributed by atoms with E-state index in [9.17, 15) is 43.2 Å². The van der Waals surface area contributed by atoms with Crippen LogP contribution in [0.3, 0.4) is 0 Å². The third-order valence-electron chi connectivity index (χ3n) is 20.0. The first-order valence-electron chi connectivity index (χ1n) is 34.6. The van der Waals surface area contributed by atoms with Crippen molar-refractivity contribution in [3.63, 3.8) is 0 Å². The zero-order valence-corrected chi connectivity index (χ0v) is 60.4. The van der Waals surface area contributed by atoms with Crippen molar-refractivity contribution >= 4 is 121 Å². The molecule has 24 heteroatoms. The van der Waals surface area contributed by atoms with Gasteiger partial charge in [-0.1, -0.05) is 54.6 Å². The van der Waals surface area contributed by atoms with Gasteiger partial charge in [-0.25, -0.2) is 14.4 Å². The molecule has 0 spiro atoms. The van der Waals surface area contributed by atoms with Gasteiger partial charge in [0.05, 0.1) is 52.6 Å². The predicted molar refractivity (Wildman–Crippen MR) is 397 cm³/mol. The third kappa shape index (κ3) is 16.7. The number of carbonyl (C=O) groups is 9. The molecule has 3 aliphatic carbocycles. The number of ketones is 3. The number of carbonyl (C=O) groups excluding carboxylic acids is 9. The molecule has 528 valence electrons. The van der Waals surface area contributed by atoms with E-state index in [1.54, 1.807) is 0 Å². The summed E-state index contributed by atoms with van der Waals surface area (Å²) in [6.45, 7) is 27.0. The molecule has 21 nitrogen and oxygen atoms in total. The second kappa shape index (κ2) is 34.1. The highest BCUT2D eigenvalue weighted by Crippen LogP contribution is 2.48. The van der Waals surface area contributed by atoms with E-state index in [4.69, 9.17) is 0 Å². The largest absolute Gasteiger partial charge is 0.361 e. The zero-order chi connectivity index (χ0) is 70.6. The molecule has 6 heterocycles. The number of rotatable bonds is 24. The fraction of sp³-hybridized carbons (Fsp3) is 0.480. The van der Waals surface area contributed by atoms with Gasteiger partial charge in [0.15, 0.2) is 0 Å². The van der Waals surface area contributed by atoms with Gasteiger partial charge in [-0.15, -0.1) is 55.0 Å². The molecule has 3 aromatic carbocycles. The molecule has 12 rings (SSSR count). The van der Waals surface area contributed by atoms with Crippen LogP contribution in [-0.4, -0.2) is 209 Å². The molecule has 6 aromatic rings. The highest BCUT2D eigenvalue weighted by atomic mass is 32.2. The number of piperidine rings is 3. The summed E-state index contributed by atoms with van der Waals surface area (Å²) in [5.41, 5.74) is 11.2. The van der Waals surface area contributed by atoms with Gasteiger partial charge in [0.2, 0.25) is 17.7 Å². The van der Waals surface area contributed by atoms with Crippen LogP contribution in [0.1, 0.15) is 112 Å². The van der Waals surface area contributed by atoms with Crippen LogP contribution in [0.2, 0.25) is 0 Å². The van der Waals surface area contributed by atoms with E-state index in [-0.39, 0.29) is 105 Å². The van der Waals surface area contributed by atoms with Gasteiger partial charge in [0.25, 0.3) is 0 Å². The highest BCUT2D eigenvalue weighted by Gasteiger charge is 2.48. The molecule has 0 radical (unpaired) electrons. The van der Waals surface area contributed by atoms with Gasteiger partial charge in [0.1, 0.15) is 17.3 Å². The summed E-state index contributed by atoms with van der Waals surface area (Å²) in [6, 6.07) is 18.8. The van der Waals surface area contributed by atoms with Crippen molar-refractivity contribution in [2.45, 2.75) is 116 Å². The smallest absolute Gasteiger partial charge is 0.324 e. The molecular formula is C75H96N12O9S3. The van der Waals surface area contributed by atoms with Crippen molar-refractivity contribution in [2.24, 2.45) is 17.8 Å². The first-order chi connectivity index (χ1) is 47.8. The number of aromatic amines is 3. The Morgan fingerprint density at radius 1 is 0.455 bits per heavy atom. The van der Waals surface area contributed by atoms with Gasteiger partial charge < -0.3 is 30.9 Å². The summed E-state index contributed by atoms with van der Waals surface area (Å²) in [5, 5.41) is 12.1. The maximum atomic E-state index is 13.7. The minimum Gasteiger partial charge on any atom is -0.361 e. The molecule has 0 bridgehead atoms. The van der Waals surface area contributed by atoms with Crippen molar-refractivity contribution in [3.8, 4) is 0 Å². The van der Waals surface area contributed by atoms with Crippen LogP contribution in [0.25, 0.3) is 32.7 Å². The number of nitrogens with one attached hydrogen (secondary N) is 6. The number of thioether (sulfide) groups is 3. The molecule has 3 aliphatic heterocycles. The predicted octanol–water partition coefficient (Wildman–Crippen LogP) is 10.6. The topological polar surface area (TPSA) is 257 Å². The molecule has 3 saturated heterocycles. The van der Waals surface area contributed by atoms with E-state index >= 15 is 0 Å². The Balaban J connectivity index is 0.000000161. The van der Waals surface area contributed by atoms with Crippen LogP contribution in [-0.2, 0) is 48.0 Å². The van der Waals surface area contributed by atoms with E-state index in [0.717, 1.165) is 35.8 Å². The van der Waals surface area contributed by atoms with Crippen LogP contribution in [0.15, 0.2) is 111 Å². The Kier molecular flexibility index (Phi) is 25.5. The van der Waals surface area contributed by atoms with Crippen LogP contribution in [0, 0.1) is 17.8 Å². The number of hydrogen-bond donors (Lipinski definition) is 6. The number of aromatic nitrogens is 3. The number of urea groups is 3. The lowest BCUT2D eigenvalue weighted by molar-refractivity contribution is -0.135. The molecule has 6 N–H and O–H groups in total. The van der Waals surface area contributed by atoms with Crippen molar-refractivity contribution < 1.29 is 43.2 Å². The van der Waals surface area contributed by atoms with Crippen LogP contribution in [0.5, 0.6) is 0 Å². The molecule has 6 aliphatic rings. The molecule has 0 unspecified atom stereocenters. The molecule has 3 fully saturated rings. The molecule has 99 heavy (non-hydrogen) atoms. The number of likely N-dealkylation sites (tertiary alicyclic amines) is 3. The second-order valence-corrected chi connectivity index (χ2v) is 29.6. The molecule has 0 saturated carbocycles. The zero-order valence-electron chi connectivity index (χ0n) is 57.9. The highest BCUT2D eigenvalue weighted by molar-refractivity contribution is 8.00. The fourth-order valence-electron chi connectivity index (χ4n) is 16.0. The van der Waals surface area contributed by atoms with E-state index in [0.29, 0.717) is 96.3 Å². The number of hydrogen-bond acceptors (Lipinski definition) is 15. The number of Topliss-reactive ketones (excluding diaryl/α,β-unsaturated/α-hetero) is 3. The Labute approximate surface area is 593 Å². The summed E-state index contributed by atoms with van der Waals surface area (Å²) in [6.07, 6.45) is 16.9. The standard InChI is InChI=1S/3C25H32N4O3S/c3*1-4-9-28-13-18(24(31)29(25(32)26-5-2)15-33-14-16(3)30)10-20-19-7-6-8-21-23(19)17(12-27-21)11-22(20)28/h3*4,6-8,12,18,20,22,27H,1,5,9-11,13-15H2,2-3H3,(H,26,32)/t3*18-,20-,22-/m111/s1.